The lowest BCUT2D eigenvalue weighted by atomic mass is 9.82. The highest BCUT2D eigenvalue weighted by Gasteiger charge is 2.43. The number of Topliss-reactive ketones (excluding diaryl/α,β-unsaturated/α-hetero) is 1. The largest absolute Gasteiger partial charge is 0.497 e. The maximum absolute atomic E-state index is 12.7. The molecule has 4 rings (SSSR count). The van der Waals surface area contributed by atoms with Gasteiger partial charge in [0.15, 0.2) is 10.9 Å². The van der Waals surface area contributed by atoms with E-state index in [1.807, 2.05) is 12.1 Å². The van der Waals surface area contributed by atoms with Crippen LogP contribution in [0.1, 0.15) is 61.7 Å². The third-order valence-electron chi connectivity index (χ3n) is 6.19. The van der Waals surface area contributed by atoms with Crippen LogP contribution in [0.3, 0.4) is 0 Å². The minimum atomic E-state index is -0.393. The number of ketones is 1. The molecule has 27 heavy (non-hydrogen) atoms. The van der Waals surface area contributed by atoms with E-state index in [-0.39, 0.29) is 5.78 Å². The first kappa shape index (κ1) is 18.5. The fourth-order valence-corrected chi connectivity index (χ4v) is 4.86. The number of piperidine rings is 1. The molecule has 0 bridgehead atoms. The molecule has 1 saturated heterocycles. The molecule has 1 aromatic rings. The van der Waals surface area contributed by atoms with Gasteiger partial charge in [0, 0.05) is 32.0 Å². The lowest BCUT2D eigenvalue weighted by Crippen LogP contribution is -2.55. The van der Waals surface area contributed by atoms with Crippen LogP contribution in [-0.2, 0) is 0 Å². The molecule has 2 aliphatic heterocycles. The van der Waals surface area contributed by atoms with Gasteiger partial charge in [0.25, 0.3) is 0 Å². The van der Waals surface area contributed by atoms with E-state index in [9.17, 15) is 4.79 Å². The minimum absolute atomic E-state index is 0.145. The number of benzene rings is 1. The average Bonchev–Trinajstić information content (AvgIpc) is 2.69. The van der Waals surface area contributed by atoms with E-state index in [1.54, 1.807) is 13.2 Å². The molecule has 146 valence electrons. The van der Waals surface area contributed by atoms with Crippen LogP contribution < -0.4 is 14.8 Å². The predicted octanol–water partition coefficient (Wildman–Crippen LogP) is 3.70. The van der Waals surface area contributed by atoms with E-state index >= 15 is 0 Å². The Morgan fingerprint density at radius 2 is 2.00 bits per heavy atom. The first-order valence-electron chi connectivity index (χ1n) is 10.0. The number of ether oxygens (including phenoxy) is 2. The van der Waals surface area contributed by atoms with E-state index in [1.165, 1.54) is 32.1 Å². The summed E-state index contributed by atoms with van der Waals surface area (Å²) in [7, 11) is 1.61. The predicted molar refractivity (Wildman–Crippen MR) is 109 cm³/mol. The van der Waals surface area contributed by atoms with Crippen LogP contribution in [0.5, 0.6) is 11.5 Å². The molecule has 0 radical (unpaired) electrons. The number of carbonyl (C=O) groups excluding carboxylic acids is 1. The number of fused-ring (bicyclic) bond motifs is 1. The topological polar surface area (TPSA) is 50.8 Å². The van der Waals surface area contributed by atoms with E-state index in [4.69, 9.17) is 21.7 Å². The second-order valence-electron chi connectivity index (χ2n) is 8.02. The highest BCUT2D eigenvalue weighted by atomic mass is 32.1. The van der Waals surface area contributed by atoms with Crippen molar-refractivity contribution in [1.29, 1.82) is 0 Å². The quantitative estimate of drug-likeness (QED) is 0.780. The van der Waals surface area contributed by atoms with Crippen LogP contribution in [0, 0.1) is 0 Å². The van der Waals surface area contributed by atoms with Crippen LogP contribution in [0.2, 0.25) is 0 Å². The third-order valence-corrected chi connectivity index (χ3v) is 6.57. The van der Waals surface area contributed by atoms with E-state index < -0.39 is 5.60 Å². The smallest absolute Gasteiger partial charge is 0.170 e. The monoisotopic (exact) mass is 388 g/mol. The maximum atomic E-state index is 12.7. The fraction of sp³-hybridized carbons (Fsp3) is 0.619. The molecule has 0 aromatic heterocycles. The lowest BCUT2D eigenvalue weighted by Gasteiger charge is -2.45. The molecule has 0 amide bonds. The zero-order chi connectivity index (χ0) is 18.9. The van der Waals surface area contributed by atoms with Crippen molar-refractivity contribution in [3.8, 4) is 11.5 Å². The van der Waals surface area contributed by atoms with Crippen molar-refractivity contribution in [1.82, 2.24) is 10.2 Å². The van der Waals surface area contributed by atoms with Crippen molar-refractivity contribution < 1.29 is 14.3 Å². The normalized spacial score (nSPS) is 22.1. The zero-order valence-electron chi connectivity index (χ0n) is 16.0. The molecular formula is C21H28N2O3S. The number of thiocarbonyl (C=S) groups is 1. The molecule has 1 aliphatic carbocycles. The second kappa shape index (κ2) is 7.66. The molecular weight excluding hydrogens is 360 g/mol. The molecule has 1 saturated carbocycles. The summed E-state index contributed by atoms with van der Waals surface area (Å²) in [4.78, 5) is 15.0. The van der Waals surface area contributed by atoms with Crippen LogP contribution in [-0.4, -0.2) is 47.6 Å². The van der Waals surface area contributed by atoms with Crippen molar-refractivity contribution in [2.75, 3.05) is 20.2 Å². The number of nitrogens with one attached hydrogen (secondary N) is 1. The van der Waals surface area contributed by atoms with Gasteiger partial charge >= 0.3 is 0 Å². The van der Waals surface area contributed by atoms with E-state index in [2.05, 4.69) is 10.2 Å². The van der Waals surface area contributed by atoms with E-state index in [0.29, 0.717) is 29.5 Å². The summed E-state index contributed by atoms with van der Waals surface area (Å²) < 4.78 is 11.6. The first-order valence-corrected chi connectivity index (χ1v) is 10.5. The molecule has 0 unspecified atom stereocenters. The van der Waals surface area contributed by atoms with Gasteiger partial charge in [-0.25, -0.2) is 0 Å². The molecule has 5 nitrogen and oxygen atoms in total. The van der Waals surface area contributed by atoms with Gasteiger partial charge in [0.1, 0.15) is 17.1 Å². The van der Waals surface area contributed by atoms with Crippen molar-refractivity contribution in [3.63, 3.8) is 0 Å². The molecule has 1 N–H and O–H groups in total. The summed E-state index contributed by atoms with van der Waals surface area (Å²) in [5, 5.41) is 4.42. The van der Waals surface area contributed by atoms with Crippen molar-refractivity contribution in [2.24, 2.45) is 0 Å². The van der Waals surface area contributed by atoms with Crippen molar-refractivity contribution >= 4 is 23.1 Å². The Morgan fingerprint density at radius 3 is 2.70 bits per heavy atom. The Bertz CT molecular complexity index is 722. The zero-order valence-corrected chi connectivity index (χ0v) is 16.8. The summed E-state index contributed by atoms with van der Waals surface area (Å²) in [5.41, 5.74) is 0.243. The number of hydrogen-bond donors (Lipinski definition) is 1. The Morgan fingerprint density at radius 1 is 1.26 bits per heavy atom. The lowest BCUT2D eigenvalue weighted by molar-refractivity contribution is 0.00340. The molecule has 6 heteroatoms. The second-order valence-corrected chi connectivity index (χ2v) is 8.41. The maximum Gasteiger partial charge on any atom is 0.170 e. The number of rotatable bonds is 2. The summed E-state index contributed by atoms with van der Waals surface area (Å²) >= 11 is 5.65. The van der Waals surface area contributed by atoms with Gasteiger partial charge in [-0.1, -0.05) is 19.3 Å². The van der Waals surface area contributed by atoms with Gasteiger partial charge in [-0.2, -0.15) is 0 Å². The van der Waals surface area contributed by atoms with Gasteiger partial charge in [-0.15, -0.1) is 0 Å². The summed E-state index contributed by atoms with van der Waals surface area (Å²) in [5.74, 6) is 1.52. The fourth-order valence-electron chi connectivity index (χ4n) is 4.51. The summed E-state index contributed by atoms with van der Waals surface area (Å²) in [6, 6.07) is 6.01. The van der Waals surface area contributed by atoms with Gasteiger partial charge in [0.2, 0.25) is 0 Å². The van der Waals surface area contributed by atoms with Crippen molar-refractivity contribution in [3.05, 3.63) is 23.8 Å². The van der Waals surface area contributed by atoms with Crippen LogP contribution in [0.25, 0.3) is 0 Å². The van der Waals surface area contributed by atoms with Gasteiger partial charge < -0.3 is 19.7 Å². The Hall–Kier alpha value is -1.82. The first-order chi connectivity index (χ1) is 13.1. The number of nitrogens with zero attached hydrogens (tertiary/aromatic N) is 1. The molecule has 1 spiro atoms. The van der Waals surface area contributed by atoms with Crippen LogP contribution in [0.4, 0.5) is 0 Å². The SMILES string of the molecule is COc1ccc2c(c1)C(=O)CC1(CCN(C(=S)NC3CCCCC3)CC1)O2. The average molecular weight is 389 g/mol. The van der Waals surface area contributed by atoms with Gasteiger partial charge in [-0.3, -0.25) is 4.79 Å². The Labute approximate surface area is 166 Å². The molecule has 0 atom stereocenters. The number of hydrogen-bond acceptors (Lipinski definition) is 4. The number of methoxy groups -OCH3 is 1. The van der Waals surface area contributed by atoms with Gasteiger partial charge in [0.05, 0.1) is 19.1 Å². The van der Waals surface area contributed by atoms with E-state index in [0.717, 1.165) is 31.0 Å². The third kappa shape index (κ3) is 3.91. The Balaban J connectivity index is 1.38. The highest BCUT2D eigenvalue weighted by molar-refractivity contribution is 7.80. The number of carbonyl (C=O) groups is 1. The number of likely N-dealkylation sites (tertiary alicyclic amines) is 1. The molecule has 1 aromatic carbocycles. The summed E-state index contributed by atoms with van der Waals surface area (Å²) in [6.07, 6.45) is 8.44. The molecule has 2 fully saturated rings. The van der Waals surface area contributed by atoms with Crippen molar-refractivity contribution in [2.45, 2.75) is 63.0 Å². The van der Waals surface area contributed by atoms with Gasteiger partial charge in [-0.05, 0) is 43.3 Å². The summed E-state index contributed by atoms with van der Waals surface area (Å²) in [6.45, 7) is 1.66. The molecule has 2 heterocycles. The minimum Gasteiger partial charge on any atom is -0.497 e. The van der Waals surface area contributed by atoms with Crippen LogP contribution >= 0.6 is 12.2 Å². The standard InChI is InChI=1S/C21H28N2O3S/c1-25-16-7-8-19-17(13-16)18(24)14-21(26-19)9-11-23(12-10-21)20(27)22-15-5-3-2-4-6-15/h7-8,13,15H,2-6,9-12,14H2,1H3,(H,22,27). The Kier molecular flexibility index (Phi) is 5.26. The highest BCUT2D eigenvalue weighted by Crippen LogP contribution is 2.40. The van der Waals surface area contributed by atoms with Crippen LogP contribution in [0.15, 0.2) is 18.2 Å². The molecule has 3 aliphatic rings.